The largest absolute Gasteiger partial charge is 0.478 e. The molecule has 0 radical (unpaired) electrons. The Hall–Kier alpha value is -1.40. The second-order valence-corrected chi connectivity index (χ2v) is 7.24. The van der Waals surface area contributed by atoms with Gasteiger partial charge in [-0.15, -0.1) is 0 Å². The Balaban J connectivity index is 1.95. The predicted octanol–water partition coefficient (Wildman–Crippen LogP) is 1.99. The lowest BCUT2D eigenvalue weighted by Crippen LogP contribution is -2.31. The van der Waals surface area contributed by atoms with Crippen LogP contribution in [-0.4, -0.2) is 26.0 Å². The van der Waals surface area contributed by atoms with Crippen LogP contribution < -0.4 is 4.72 Å². The van der Waals surface area contributed by atoms with Crippen LogP contribution in [0.2, 0.25) is 0 Å². The van der Waals surface area contributed by atoms with Crippen molar-refractivity contribution in [3.63, 3.8) is 0 Å². The Morgan fingerprint density at radius 1 is 1.30 bits per heavy atom. The zero-order valence-corrected chi connectivity index (χ0v) is 12.2. The van der Waals surface area contributed by atoms with E-state index < -0.39 is 16.0 Å². The van der Waals surface area contributed by atoms with Gasteiger partial charge in [-0.05, 0) is 42.4 Å². The first-order valence-corrected chi connectivity index (χ1v) is 8.31. The van der Waals surface area contributed by atoms with Gasteiger partial charge in [0.2, 0.25) is 10.0 Å². The van der Waals surface area contributed by atoms with Gasteiger partial charge in [0.05, 0.1) is 11.3 Å². The summed E-state index contributed by atoms with van der Waals surface area (Å²) in [5.41, 5.74) is 0.908. The Morgan fingerprint density at radius 2 is 1.90 bits per heavy atom. The molecule has 20 heavy (non-hydrogen) atoms. The quantitative estimate of drug-likeness (QED) is 0.806. The third-order valence-corrected chi connectivity index (χ3v) is 5.23. The fraction of sp³-hybridized carbons (Fsp3) is 0.500. The van der Waals surface area contributed by atoms with Crippen LogP contribution in [0.5, 0.6) is 0 Å². The number of benzene rings is 1. The van der Waals surface area contributed by atoms with E-state index in [0.29, 0.717) is 12.1 Å². The van der Waals surface area contributed by atoms with E-state index in [0.717, 1.165) is 19.3 Å². The Kier molecular flexibility index (Phi) is 4.15. The predicted molar refractivity (Wildman–Crippen MR) is 76.0 cm³/mol. The summed E-state index contributed by atoms with van der Waals surface area (Å²) in [4.78, 5) is 10.7. The molecule has 0 unspecified atom stereocenters. The highest BCUT2D eigenvalue weighted by Crippen LogP contribution is 2.47. The molecule has 1 fully saturated rings. The fourth-order valence-electron chi connectivity index (χ4n) is 2.11. The zero-order chi connectivity index (χ0) is 14.8. The van der Waals surface area contributed by atoms with Crippen LogP contribution in [0.15, 0.2) is 24.3 Å². The number of carbonyl (C=O) groups is 1. The highest BCUT2D eigenvalue weighted by Gasteiger charge is 2.41. The molecule has 5 nitrogen and oxygen atoms in total. The molecule has 2 rings (SSSR count). The highest BCUT2D eigenvalue weighted by molar-refractivity contribution is 7.88. The standard InChI is InChI=1S/C14H19NO4S/c1-2-14(7-8-14)10-15-20(18,19)9-11-3-5-12(6-4-11)13(16)17/h3-6,15H,2,7-10H2,1H3,(H,16,17). The zero-order valence-electron chi connectivity index (χ0n) is 11.4. The summed E-state index contributed by atoms with van der Waals surface area (Å²) in [6.45, 7) is 2.57. The van der Waals surface area contributed by atoms with Gasteiger partial charge in [-0.3, -0.25) is 0 Å². The van der Waals surface area contributed by atoms with Crippen molar-refractivity contribution in [2.24, 2.45) is 5.41 Å². The van der Waals surface area contributed by atoms with Crippen LogP contribution in [0.4, 0.5) is 0 Å². The van der Waals surface area contributed by atoms with Crippen LogP contribution in [0.25, 0.3) is 0 Å². The van der Waals surface area contributed by atoms with Crippen molar-refractivity contribution < 1.29 is 18.3 Å². The molecular weight excluding hydrogens is 278 g/mol. The molecule has 0 aromatic heterocycles. The number of rotatable bonds is 7. The maximum atomic E-state index is 12.0. The summed E-state index contributed by atoms with van der Waals surface area (Å²) < 4.78 is 26.6. The van der Waals surface area contributed by atoms with E-state index in [1.165, 1.54) is 24.3 Å². The third kappa shape index (κ3) is 3.80. The summed E-state index contributed by atoms with van der Waals surface area (Å²) >= 11 is 0. The van der Waals surface area contributed by atoms with Crippen molar-refractivity contribution in [1.82, 2.24) is 4.72 Å². The van der Waals surface area contributed by atoms with Gasteiger partial charge in [0, 0.05) is 6.54 Å². The van der Waals surface area contributed by atoms with Crippen LogP contribution in [0.3, 0.4) is 0 Å². The summed E-state index contributed by atoms with van der Waals surface area (Å²) in [5.74, 6) is -1.14. The first-order valence-electron chi connectivity index (χ1n) is 6.65. The van der Waals surface area contributed by atoms with Crippen molar-refractivity contribution in [3.8, 4) is 0 Å². The van der Waals surface area contributed by atoms with E-state index in [2.05, 4.69) is 11.6 Å². The van der Waals surface area contributed by atoms with E-state index in [4.69, 9.17) is 5.11 Å². The molecule has 1 saturated carbocycles. The number of hydrogen-bond acceptors (Lipinski definition) is 3. The molecule has 6 heteroatoms. The van der Waals surface area contributed by atoms with Crippen molar-refractivity contribution >= 4 is 16.0 Å². The van der Waals surface area contributed by atoms with E-state index in [1.54, 1.807) is 0 Å². The van der Waals surface area contributed by atoms with E-state index in [1.807, 2.05) is 0 Å². The van der Waals surface area contributed by atoms with Crippen molar-refractivity contribution in [3.05, 3.63) is 35.4 Å². The molecule has 2 N–H and O–H groups in total. The lowest BCUT2D eigenvalue weighted by atomic mass is 10.1. The molecule has 110 valence electrons. The van der Waals surface area contributed by atoms with Crippen molar-refractivity contribution in [2.45, 2.75) is 31.9 Å². The topological polar surface area (TPSA) is 83.5 Å². The van der Waals surface area contributed by atoms with Crippen LogP contribution >= 0.6 is 0 Å². The summed E-state index contributed by atoms with van der Waals surface area (Å²) in [6, 6.07) is 5.91. The first kappa shape index (κ1) is 15.0. The Morgan fingerprint density at radius 3 is 2.35 bits per heavy atom. The van der Waals surface area contributed by atoms with Gasteiger partial charge in [-0.25, -0.2) is 17.9 Å². The van der Waals surface area contributed by atoms with Gasteiger partial charge in [0.1, 0.15) is 0 Å². The fourth-order valence-corrected chi connectivity index (χ4v) is 3.37. The van der Waals surface area contributed by atoms with Crippen LogP contribution in [-0.2, 0) is 15.8 Å². The molecule has 1 aromatic carbocycles. The van der Waals surface area contributed by atoms with Gasteiger partial charge in [-0.2, -0.15) is 0 Å². The second-order valence-electron chi connectivity index (χ2n) is 5.44. The minimum Gasteiger partial charge on any atom is -0.478 e. The Labute approximate surface area is 119 Å². The molecule has 0 spiro atoms. The summed E-state index contributed by atoms with van der Waals surface area (Å²) in [6.07, 6.45) is 3.15. The molecule has 0 saturated heterocycles. The molecule has 0 heterocycles. The minimum absolute atomic E-state index is 0.118. The van der Waals surface area contributed by atoms with Gasteiger partial charge in [0.15, 0.2) is 0 Å². The van der Waals surface area contributed by atoms with Gasteiger partial charge < -0.3 is 5.11 Å². The molecule has 0 atom stereocenters. The first-order chi connectivity index (χ1) is 9.36. The molecule has 0 aliphatic heterocycles. The average molecular weight is 297 g/mol. The lowest BCUT2D eigenvalue weighted by Gasteiger charge is -2.13. The number of hydrogen-bond donors (Lipinski definition) is 2. The normalized spacial score (nSPS) is 16.9. The highest BCUT2D eigenvalue weighted by atomic mass is 32.2. The summed E-state index contributed by atoms with van der Waals surface area (Å²) in [5, 5.41) is 8.79. The van der Waals surface area contributed by atoms with Gasteiger partial charge in [-0.1, -0.05) is 19.1 Å². The third-order valence-electron chi connectivity index (χ3n) is 3.93. The smallest absolute Gasteiger partial charge is 0.335 e. The van der Waals surface area contributed by atoms with Gasteiger partial charge in [0.25, 0.3) is 0 Å². The van der Waals surface area contributed by atoms with Crippen LogP contribution in [0.1, 0.15) is 42.1 Å². The van der Waals surface area contributed by atoms with E-state index >= 15 is 0 Å². The van der Waals surface area contributed by atoms with Crippen molar-refractivity contribution in [1.29, 1.82) is 0 Å². The molecule has 1 aromatic rings. The van der Waals surface area contributed by atoms with E-state index in [9.17, 15) is 13.2 Å². The summed E-state index contributed by atoms with van der Waals surface area (Å²) in [7, 11) is -3.37. The molecule has 0 bridgehead atoms. The molecule has 0 amide bonds. The van der Waals surface area contributed by atoms with E-state index in [-0.39, 0.29) is 16.7 Å². The van der Waals surface area contributed by atoms with Crippen molar-refractivity contribution in [2.75, 3.05) is 6.54 Å². The van der Waals surface area contributed by atoms with Crippen LogP contribution in [0, 0.1) is 5.41 Å². The lowest BCUT2D eigenvalue weighted by molar-refractivity contribution is 0.0697. The van der Waals surface area contributed by atoms with Gasteiger partial charge >= 0.3 is 5.97 Å². The number of nitrogens with one attached hydrogen (secondary N) is 1. The average Bonchev–Trinajstić information content (AvgIpc) is 3.17. The number of aromatic carboxylic acids is 1. The number of carboxylic acids is 1. The maximum Gasteiger partial charge on any atom is 0.335 e. The maximum absolute atomic E-state index is 12.0. The Bertz CT molecular complexity index is 588. The number of carboxylic acid groups (broad SMARTS) is 1. The molecule has 1 aliphatic carbocycles. The number of sulfonamides is 1. The molecular formula is C14H19NO4S. The second kappa shape index (κ2) is 5.54. The SMILES string of the molecule is CCC1(CNS(=O)(=O)Cc2ccc(C(=O)O)cc2)CC1. The monoisotopic (exact) mass is 297 g/mol. The molecule has 1 aliphatic rings. The minimum atomic E-state index is -3.37.